The second kappa shape index (κ2) is 4.07. The quantitative estimate of drug-likeness (QED) is 0.815. The Morgan fingerprint density at radius 1 is 1.35 bits per heavy atom. The first-order valence-electron chi connectivity index (χ1n) is 5.95. The van der Waals surface area contributed by atoms with Crippen molar-refractivity contribution in [1.29, 1.82) is 0 Å². The minimum absolute atomic E-state index is 0.264. The Morgan fingerprint density at radius 2 is 2.06 bits per heavy atom. The molecule has 2 nitrogen and oxygen atoms in total. The molecule has 0 amide bonds. The highest BCUT2D eigenvalue weighted by Gasteiger charge is 2.40. The van der Waals surface area contributed by atoms with Crippen LogP contribution in [0.15, 0.2) is 18.2 Å². The molecule has 0 aliphatic carbocycles. The van der Waals surface area contributed by atoms with Gasteiger partial charge in [-0.1, -0.05) is 12.1 Å². The number of hydrogen-bond donors (Lipinski definition) is 1. The summed E-state index contributed by atoms with van der Waals surface area (Å²) < 4.78 is 19.1. The highest BCUT2D eigenvalue weighted by molar-refractivity contribution is 5.28. The zero-order valence-corrected chi connectivity index (χ0v) is 10.6. The van der Waals surface area contributed by atoms with E-state index >= 15 is 0 Å². The van der Waals surface area contributed by atoms with Crippen LogP contribution in [0, 0.1) is 12.7 Å². The van der Waals surface area contributed by atoms with Crippen molar-refractivity contribution in [3.63, 3.8) is 0 Å². The zero-order valence-electron chi connectivity index (χ0n) is 10.6. The molecule has 0 aromatic heterocycles. The summed E-state index contributed by atoms with van der Waals surface area (Å²) in [4.78, 5) is 0. The number of benzene rings is 1. The summed E-state index contributed by atoms with van der Waals surface area (Å²) in [6, 6.07) is 4.96. The number of hydrogen-bond acceptors (Lipinski definition) is 2. The predicted molar refractivity (Wildman–Crippen MR) is 64.3 cm³/mol. The lowest BCUT2D eigenvalue weighted by atomic mass is 9.79. The third-order valence-electron chi connectivity index (χ3n) is 3.44. The summed E-state index contributed by atoms with van der Waals surface area (Å²) in [5, 5.41) is 10.6. The van der Waals surface area contributed by atoms with E-state index in [1.54, 1.807) is 19.1 Å². The fraction of sp³-hybridized carbons (Fsp3) is 0.571. The van der Waals surface area contributed by atoms with Crippen molar-refractivity contribution < 1.29 is 14.2 Å². The highest BCUT2D eigenvalue weighted by atomic mass is 19.1. The first kappa shape index (κ1) is 12.5. The zero-order chi connectivity index (χ0) is 12.7. The van der Waals surface area contributed by atoms with Gasteiger partial charge < -0.3 is 9.84 Å². The number of aryl methyl sites for hydroxylation is 1. The van der Waals surface area contributed by atoms with Gasteiger partial charge >= 0.3 is 0 Å². The molecule has 0 bridgehead atoms. The van der Waals surface area contributed by atoms with Gasteiger partial charge in [0.15, 0.2) is 0 Å². The van der Waals surface area contributed by atoms with E-state index < -0.39 is 5.60 Å². The molecule has 1 aromatic rings. The second-order valence-corrected chi connectivity index (χ2v) is 5.53. The summed E-state index contributed by atoms with van der Waals surface area (Å²) in [5.74, 6) is -0.264. The van der Waals surface area contributed by atoms with Crippen LogP contribution in [0.4, 0.5) is 4.39 Å². The first-order valence-corrected chi connectivity index (χ1v) is 5.95. The third-order valence-corrected chi connectivity index (χ3v) is 3.44. The molecule has 1 saturated heterocycles. The van der Waals surface area contributed by atoms with Crippen molar-refractivity contribution in [2.75, 3.05) is 6.61 Å². The molecule has 1 N–H and O–H groups in total. The summed E-state index contributed by atoms with van der Waals surface area (Å²) in [5.41, 5.74) is -0.0920. The maximum atomic E-state index is 13.6. The fourth-order valence-electron chi connectivity index (χ4n) is 2.47. The summed E-state index contributed by atoms with van der Waals surface area (Å²) in [6.07, 6.45) is 1.00. The van der Waals surface area contributed by atoms with Crippen LogP contribution in [0.5, 0.6) is 0 Å². The van der Waals surface area contributed by atoms with Gasteiger partial charge in [0.05, 0.1) is 17.8 Å². The Bertz CT molecular complexity index is 428. The molecule has 1 aliphatic heterocycles. The van der Waals surface area contributed by atoms with Gasteiger partial charge in [0.2, 0.25) is 0 Å². The average Bonchev–Trinajstić information content (AvgIpc) is 2.20. The minimum Gasteiger partial charge on any atom is -0.385 e. The van der Waals surface area contributed by atoms with Crippen molar-refractivity contribution in [1.82, 2.24) is 0 Å². The lowest BCUT2D eigenvalue weighted by Crippen LogP contribution is -2.43. The Balaban J connectivity index is 2.34. The Hall–Kier alpha value is -0.930. The molecule has 1 aliphatic rings. The number of halogens is 1. The Kier molecular flexibility index (Phi) is 3.00. The SMILES string of the molecule is Cc1ccc(C2(O)CCOC(C)(C)C2)cc1F. The second-order valence-electron chi connectivity index (χ2n) is 5.53. The molecule has 1 fully saturated rings. The van der Waals surface area contributed by atoms with E-state index in [4.69, 9.17) is 4.74 Å². The fourth-order valence-corrected chi connectivity index (χ4v) is 2.47. The van der Waals surface area contributed by atoms with Gasteiger partial charge in [-0.25, -0.2) is 4.39 Å². The lowest BCUT2D eigenvalue weighted by molar-refractivity contribution is -0.148. The molecule has 1 aromatic carbocycles. The molecule has 3 heteroatoms. The first-order chi connectivity index (χ1) is 7.82. The number of ether oxygens (including phenoxy) is 1. The van der Waals surface area contributed by atoms with E-state index in [0.717, 1.165) is 0 Å². The van der Waals surface area contributed by atoms with Crippen molar-refractivity contribution in [2.24, 2.45) is 0 Å². The van der Waals surface area contributed by atoms with Crippen LogP contribution in [0.1, 0.15) is 37.8 Å². The average molecular weight is 238 g/mol. The molecule has 1 unspecified atom stereocenters. The van der Waals surface area contributed by atoms with E-state index in [0.29, 0.717) is 30.6 Å². The minimum atomic E-state index is -0.976. The van der Waals surface area contributed by atoms with E-state index in [2.05, 4.69) is 0 Å². The van der Waals surface area contributed by atoms with E-state index in [-0.39, 0.29) is 11.4 Å². The largest absolute Gasteiger partial charge is 0.385 e. The maximum Gasteiger partial charge on any atom is 0.126 e. The topological polar surface area (TPSA) is 29.5 Å². The molecule has 0 saturated carbocycles. The Morgan fingerprint density at radius 3 is 2.65 bits per heavy atom. The molecule has 94 valence electrons. The standard InChI is InChI=1S/C14H19FO2/c1-10-4-5-11(8-12(10)15)14(16)6-7-17-13(2,3)9-14/h4-5,8,16H,6-7,9H2,1-3H3. The normalized spacial score (nSPS) is 28.1. The van der Waals surface area contributed by atoms with Crippen molar-refractivity contribution in [3.05, 3.63) is 35.1 Å². The van der Waals surface area contributed by atoms with Crippen molar-refractivity contribution in [3.8, 4) is 0 Å². The van der Waals surface area contributed by atoms with Crippen LogP contribution in [0.25, 0.3) is 0 Å². The monoisotopic (exact) mass is 238 g/mol. The van der Waals surface area contributed by atoms with Crippen LogP contribution < -0.4 is 0 Å². The third kappa shape index (κ3) is 2.50. The van der Waals surface area contributed by atoms with E-state index in [1.165, 1.54) is 6.07 Å². The predicted octanol–water partition coefficient (Wildman–Crippen LogP) is 2.91. The van der Waals surface area contributed by atoms with Crippen molar-refractivity contribution in [2.45, 2.75) is 44.8 Å². The molecule has 0 radical (unpaired) electrons. The van der Waals surface area contributed by atoms with E-state index in [1.807, 2.05) is 13.8 Å². The van der Waals surface area contributed by atoms with E-state index in [9.17, 15) is 9.50 Å². The molecule has 1 atom stereocenters. The number of rotatable bonds is 1. The van der Waals surface area contributed by atoms with Crippen LogP contribution in [0.3, 0.4) is 0 Å². The molecule has 2 rings (SSSR count). The van der Waals surface area contributed by atoms with Gasteiger partial charge in [-0.3, -0.25) is 0 Å². The van der Waals surface area contributed by atoms with Gasteiger partial charge in [-0.15, -0.1) is 0 Å². The van der Waals surface area contributed by atoms with Gasteiger partial charge in [0, 0.05) is 12.8 Å². The highest BCUT2D eigenvalue weighted by Crippen LogP contribution is 2.39. The van der Waals surface area contributed by atoms with Gasteiger partial charge in [-0.2, -0.15) is 0 Å². The van der Waals surface area contributed by atoms with Gasteiger partial charge in [0.25, 0.3) is 0 Å². The van der Waals surface area contributed by atoms with Crippen LogP contribution in [-0.2, 0) is 10.3 Å². The Labute approximate surface area is 101 Å². The summed E-state index contributed by atoms with van der Waals surface area (Å²) in [6.45, 7) is 6.11. The molecule has 0 spiro atoms. The smallest absolute Gasteiger partial charge is 0.126 e. The summed E-state index contributed by atoms with van der Waals surface area (Å²) in [7, 11) is 0. The van der Waals surface area contributed by atoms with Gasteiger partial charge in [-0.05, 0) is 38.0 Å². The van der Waals surface area contributed by atoms with Crippen LogP contribution >= 0.6 is 0 Å². The molecule has 1 heterocycles. The maximum absolute atomic E-state index is 13.6. The lowest BCUT2D eigenvalue weighted by Gasteiger charge is -2.41. The molecular formula is C14H19FO2. The van der Waals surface area contributed by atoms with Gasteiger partial charge in [0.1, 0.15) is 5.82 Å². The van der Waals surface area contributed by atoms with Crippen LogP contribution in [0.2, 0.25) is 0 Å². The number of aliphatic hydroxyl groups is 1. The van der Waals surface area contributed by atoms with Crippen LogP contribution in [-0.4, -0.2) is 17.3 Å². The van der Waals surface area contributed by atoms with Crippen molar-refractivity contribution >= 4 is 0 Å². The summed E-state index contributed by atoms with van der Waals surface area (Å²) >= 11 is 0. The molecule has 17 heavy (non-hydrogen) atoms. The molecular weight excluding hydrogens is 219 g/mol.